The van der Waals surface area contributed by atoms with Gasteiger partial charge in [0.15, 0.2) is 0 Å². The third-order valence-electron chi connectivity index (χ3n) is 6.25. The second kappa shape index (κ2) is 13.5. The number of benzene rings is 4. The number of nitrogens with zero attached hydrogens (tertiary/aromatic N) is 5. The van der Waals surface area contributed by atoms with Gasteiger partial charge in [-0.15, -0.1) is 10.2 Å². The number of ether oxygens (including phenoxy) is 1. The van der Waals surface area contributed by atoms with Crippen LogP contribution in [0.15, 0.2) is 118 Å². The summed E-state index contributed by atoms with van der Waals surface area (Å²) in [5.74, 6) is 0.447. The molecule has 1 aromatic heterocycles. The average Bonchev–Trinajstić information content (AvgIpc) is 3.39. The van der Waals surface area contributed by atoms with E-state index >= 15 is 0 Å². The maximum atomic E-state index is 12.1. The summed E-state index contributed by atoms with van der Waals surface area (Å²) in [6.45, 7) is 2.11. The molecule has 0 bridgehead atoms. The summed E-state index contributed by atoms with van der Waals surface area (Å²) >= 11 is 1.19. The van der Waals surface area contributed by atoms with Crippen molar-refractivity contribution >= 4 is 35.3 Å². The third-order valence-corrected chi connectivity index (χ3v) is 7.27. The number of aromatic nitrogens is 3. The highest BCUT2D eigenvalue weighted by atomic mass is 32.2. The number of esters is 1. The van der Waals surface area contributed by atoms with Crippen molar-refractivity contribution in [2.75, 3.05) is 6.61 Å². The summed E-state index contributed by atoms with van der Waals surface area (Å²) < 4.78 is 6.91. The minimum Gasteiger partial charge on any atom is -0.466 e. The van der Waals surface area contributed by atoms with Crippen molar-refractivity contribution in [2.24, 2.45) is 4.99 Å². The lowest BCUT2D eigenvalue weighted by Gasteiger charge is -2.10. The molecule has 210 valence electrons. The van der Waals surface area contributed by atoms with Crippen LogP contribution in [0.25, 0.3) is 5.69 Å². The Morgan fingerprint density at radius 2 is 1.67 bits per heavy atom. The Kier molecular flexibility index (Phi) is 9.15. The molecule has 4 aromatic carbocycles. The summed E-state index contributed by atoms with van der Waals surface area (Å²) in [4.78, 5) is 28.2. The molecule has 0 aliphatic rings. The largest absolute Gasteiger partial charge is 0.466 e. The molecule has 0 unspecified atom stereocenters. The number of hydrogen-bond acceptors (Lipinski definition) is 8. The van der Waals surface area contributed by atoms with Gasteiger partial charge in [-0.05, 0) is 65.7 Å². The number of carbonyl (C=O) groups is 1. The normalized spacial score (nSPS) is 11.1. The first-order chi connectivity index (χ1) is 20.5. The molecule has 5 rings (SSSR count). The van der Waals surface area contributed by atoms with E-state index in [1.165, 1.54) is 17.8 Å². The predicted molar refractivity (Wildman–Crippen MR) is 162 cm³/mol. The van der Waals surface area contributed by atoms with Crippen LogP contribution in [-0.4, -0.2) is 38.5 Å². The Labute approximate surface area is 247 Å². The number of hydrogen-bond donors (Lipinski definition) is 0. The zero-order chi connectivity index (χ0) is 29.3. The Balaban J connectivity index is 1.38. The third kappa shape index (κ3) is 7.15. The van der Waals surface area contributed by atoms with Crippen LogP contribution in [0.5, 0.6) is 0 Å². The van der Waals surface area contributed by atoms with Crippen LogP contribution in [0.2, 0.25) is 0 Å². The lowest BCUT2D eigenvalue weighted by molar-refractivity contribution is -0.387. The van der Waals surface area contributed by atoms with Crippen LogP contribution in [-0.2, 0) is 22.4 Å². The van der Waals surface area contributed by atoms with Crippen molar-refractivity contribution in [3.63, 3.8) is 0 Å². The molecule has 1 heterocycles. The van der Waals surface area contributed by atoms with Gasteiger partial charge in [0.2, 0.25) is 5.16 Å². The first-order valence-electron chi connectivity index (χ1n) is 13.3. The monoisotopic (exact) mass is 577 g/mol. The number of aliphatic imine (C=N–C) groups is 1. The van der Waals surface area contributed by atoms with Crippen LogP contribution in [0, 0.1) is 10.1 Å². The van der Waals surface area contributed by atoms with Gasteiger partial charge in [-0.25, -0.2) is 0 Å². The maximum absolute atomic E-state index is 12.1. The molecule has 0 spiro atoms. The number of rotatable bonds is 11. The molecule has 0 fully saturated rings. The molecule has 0 N–H and O–H groups in total. The number of carbonyl (C=O) groups excluding carboxylic acids is 1. The van der Waals surface area contributed by atoms with Crippen molar-refractivity contribution < 1.29 is 14.5 Å². The van der Waals surface area contributed by atoms with Gasteiger partial charge in [-0.1, -0.05) is 66.7 Å². The molecule has 42 heavy (non-hydrogen) atoms. The molecule has 0 saturated heterocycles. The highest BCUT2D eigenvalue weighted by Gasteiger charge is 2.21. The van der Waals surface area contributed by atoms with E-state index in [-0.39, 0.29) is 18.1 Å². The molecule has 0 radical (unpaired) electrons. The molecule has 0 atom stereocenters. The van der Waals surface area contributed by atoms with E-state index in [4.69, 9.17) is 4.74 Å². The smallest absolute Gasteiger partial charge is 0.310 e. The van der Waals surface area contributed by atoms with Gasteiger partial charge in [0.05, 0.1) is 28.5 Å². The molecule has 9 nitrogen and oxygen atoms in total. The van der Waals surface area contributed by atoms with Gasteiger partial charge in [0.1, 0.15) is 5.82 Å². The fourth-order valence-corrected chi connectivity index (χ4v) is 5.22. The van der Waals surface area contributed by atoms with Gasteiger partial charge in [0.25, 0.3) is 5.69 Å². The van der Waals surface area contributed by atoms with Crippen molar-refractivity contribution in [1.82, 2.24) is 14.8 Å². The minimum atomic E-state index is -0.405. The Bertz CT molecular complexity index is 1700. The molecule has 0 amide bonds. The van der Waals surface area contributed by atoms with E-state index in [0.29, 0.717) is 34.3 Å². The van der Waals surface area contributed by atoms with Crippen LogP contribution in [0.4, 0.5) is 11.4 Å². The summed E-state index contributed by atoms with van der Waals surface area (Å²) in [7, 11) is 0. The topological polar surface area (TPSA) is 113 Å². The van der Waals surface area contributed by atoms with Gasteiger partial charge in [-0.3, -0.25) is 24.5 Å². The second-order valence-electron chi connectivity index (χ2n) is 9.22. The van der Waals surface area contributed by atoms with Gasteiger partial charge in [0, 0.05) is 24.4 Å². The molecule has 0 saturated carbocycles. The van der Waals surface area contributed by atoms with E-state index in [1.54, 1.807) is 49.5 Å². The number of nitro benzene ring substituents is 1. The van der Waals surface area contributed by atoms with E-state index < -0.39 is 4.92 Å². The van der Waals surface area contributed by atoms with Crippen molar-refractivity contribution in [1.29, 1.82) is 0 Å². The number of nitro groups is 1. The van der Waals surface area contributed by atoms with E-state index in [1.807, 2.05) is 65.2 Å². The highest BCUT2D eigenvalue weighted by molar-refractivity contribution is 7.99. The standard InChI is InChI=1S/C32H27N5O4S/c1-2-41-31(38)21-24-13-16-26(17-14-24)33-22-25-15-18-29(28(19-25)37(39)40)42-32-35-34-30(20-23-9-5-3-6-10-23)36(32)27-11-7-4-8-12-27/h3-19,22H,2,20-21H2,1H3. The van der Waals surface area contributed by atoms with E-state index in [9.17, 15) is 14.9 Å². The SMILES string of the molecule is CCOC(=O)Cc1ccc(N=Cc2ccc(Sc3nnc(Cc4ccccc4)n3-c3ccccc3)c([N+](=O)[O-])c2)cc1. The lowest BCUT2D eigenvalue weighted by Crippen LogP contribution is -2.07. The Morgan fingerprint density at radius 3 is 2.36 bits per heavy atom. The zero-order valence-corrected chi connectivity index (χ0v) is 23.6. The van der Waals surface area contributed by atoms with E-state index in [0.717, 1.165) is 22.6 Å². The Hall–Kier alpha value is -5.09. The van der Waals surface area contributed by atoms with Crippen LogP contribution in [0.1, 0.15) is 29.4 Å². The van der Waals surface area contributed by atoms with Crippen molar-refractivity contribution in [2.45, 2.75) is 29.8 Å². The van der Waals surface area contributed by atoms with Gasteiger partial charge < -0.3 is 4.74 Å². The van der Waals surface area contributed by atoms with Gasteiger partial charge in [-0.2, -0.15) is 0 Å². The molecular formula is C32H27N5O4S. The average molecular weight is 578 g/mol. The summed E-state index contributed by atoms with van der Waals surface area (Å²) in [6.07, 6.45) is 2.33. The first kappa shape index (κ1) is 28.4. The molecule has 10 heteroatoms. The lowest BCUT2D eigenvalue weighted by atomic mass is 10.1. The number of para-hydroxylation sites is 1. The van der Waals surface area contributed by atoms with Crippen molar-refractivity contribution in [3.05, 3.63) is 136 Å². The molecule has 0 aliphatic heterocycles. The van der Waals surface area contributed by atoms with E-state index in [2.05, 4.69) is 15.2 Å². The van der Waals surface area contributed by atoms with Crippen LogP contribution in [0.3, 0.4) is 0 Å². The highest BCUT2D eigenvalue weighted by Crippen LogP contribution is 2.36. The fourth-order valence-electron chi connectivity index (χ4n) is 4.27. The van der Waals surface area contributed by atoms with Crippen molar-refractivity contribution in [3.8, 4) is 5.69 Å². The van der Waals surface area contributed by atoms with Crippen LogP contribution < -0.4 is 0 Å². The first-order valence-corrected chi connectivity index (χ1v) is 14.1. The van der Waals surface area contributed by atoms with Gasteiger partial charge >= 0.3 is 5.97 Å². The maximum Gasteiger partial charge on any atom is 0.310 e. The molecule has 5 aromatic rings. The molecular weight excluding hydrogens is 550 g/mol. The predicted octanol–water partition coefficient (Wildman–Crippen LogP) is 6.77. The second-order valence-corrected chi connectivity index (χ2v) is 10.2. The van der Waals surface area contributed by atoms with Crippen LogP contribution >= 0.6 is 11.8 Å². The summed E-state index contributed by atoms with van der Waals surface area (Å²) in [5.41, 5.74) is 3.96. The minimum absolute atomic E-state index is 0.0547. The Morgan fingerprint density at radius 1 is 0.952 bits per heavy atom. The quantitative estimate of drug-likeness (QED) is 0.0736. The fraction of sp³-hybridized carbons (Fsp3) is 0.125. The molecule has 0 aliphatic carbocycles. The summed E-state index contributed by atoms with van der Waals surface area (Å²) in [5, 5.41) is 21.5. The zero-order valence-electron chi connectivity index (χ0n) is 22.8. The summed E-state index contributed by atoms with van der Waals surface area (Å²) in [6, 6.07) is 31.8.